The highest BCUT2D eigenvalue weighted by Gasteiger charge is 2.22. The Morgan fingerprint density at radius 1 is 1.10 bits per heavy atom. The van der Waals surface area contributed by atoms with Crippen LogP contribution in [0.3, 0.4) is 0 Å². The summed E-state index contributed by atoms with van der Waals surface area (Å²) in [7, 11) is -0.597. The van der Waals surface area contributed by atoms with E-state index < -0.39 is 10.0 Å². The van der Waals surface area contributed by atoms with Crippen LogP contribution in [0.15, 0.2) is 47.4 Å². The van der Waals surface area contributed by atoms with Gasteiger partial charge in [-0.15, -0.1) is 0 Å². The number of rotatable bonds is 4. The molecule has 2 aromatic rings. The summed E-state index contributed by atoms with van der Waals surface area (Å²) in [5.41, 5.74) is 0.763. The van der Waals surface area contributed by atoms with Crippen molar-refractivity contribution in [1.82, 2.24) is 4.98 Å². The highest BCUT2D eigenvalue weighted by Crippen LogP contribution is 2.22. The van der Waals surface area contributed by atoms with Crippen LogP contribution in [0, 0.1) is 6.92 Å². The molecule has 20 heavy (non-hydrogen) atoms. The molecule has 6 heteroatoms. The number of aryl methyl sites for hydroxylation is 1. The van der Waals surface area contributed by atoms with E-state index in [9.17, 15) is 8.42 Å². The number of anilines is 1. The summed E-state index contributed by atoms with van der Waals surface area (Å²) in [5.74, 6) is 1.00. The number of nitrogens with zero attached hydrogens (tertiary/aromatic N) is 2. The van der Waals surface area contributed by atoms with Crippen molar-refractivity contribution in [1.29, 1.82) is 0 Å². The Morgan fingerprint density at radius 3 is 2.30 bits per heavy atom. The smallest absolute Gasteiger partial charge is 0.265 e. The van der Waals surface area contributed by atoms with Gasteiger partial charge in [-0.3, -0.25) is 4.31 Å². The maximum absolute atomic E-state index is 12.5. The molecule has 0 bridgehead atoms. The van der Waals surface area contributed by atoms with Crippen molar-refractivity contribution in [3.8, 4) is 5.75 Å². The van der Waals surface area contributed by atoms with Gasteiger partial charge in [0.15, 0.2) is 0 Å². The molecule has 1 aromatic carbocycles. The number of pyridine rings is 1. The molecule has 5 nitrogen and oxygen atoms in total. The first-order valence-electron chi connectivity index (χ1n) is 6.02. The topological polar surface area (TPSA) is 59.5 Å². The second kappa shape index (κ2) is 5.50. The van der Waals surface area contributed by atoms with E-state index in [4.69, 9.17) is 4.74 Å². The van der Waals surface area contributed by atoms with Crippen LogP contribution in [-0.2, 0) is 10.0 Å². The lowest BCUT2D eigenvalue weighted by molar-refractivity contribution is 0.414. The van der Waals surface area contributed by atoms with Crippen molar-refractivity contribution >= 4 is 15.8 Å². The van der Waals surface area contributed by atoms with Gasteiger partial charge in [-0.1, -0.05) is 6.07 Å². The zero-order valence-corrected chi connectivity index (χ0v) is 12.4. The van der Waals surface area contributed by atoms with Gasteiger partial charge in [0.2, 0.25) is 0 Å². The average molecular weight is 292 g/mol. The third kappa shape index (κ3) is 2.75. The largest absolute Gasteiger partial charge is 0.497 e. The van der Waals surface area contributed by atoms with Gasteiger partial charge in [0.1, 0.15) is 11.6 Å². The van der Waals surface area contributed by atoms with Crippen molar-refractivity contribution < 1.29 is 13.2 Å². The molecule has 0 radical (unpaired) electrons. The van der Waals surface area contributed by atoms with Gasteiger partial charge in [0, 0.05) is 12.7 Å². The van der Waals surface area contributed by atoms with Gasteiger partial charge < -0.3 is 4.74 Å². The molecule has 0 atom stereocenters. The second-order valence-electron chi connectivity index (χ2n) is 4.29. The zero-order valence-electron chi connectivity index (χ0n) is 11.6. The molecule has 106 valence electrons. The van der Waals surface area contributed by atoms with Gasteiger partial charge >= 0.3 is 0 Å². The number of hydrogen-bond donors (Lipinski definition) is 0. The van der Waals surface area contributed by atoms with Crippen LogP contribution in [0.1, 0.15) is 5.69 Å². The molecule has 0 aliphatic heterocycles. The van der Waals surface area contributed by atoms with Gasteiger partial charge in [0.05, 0.1) is 12.0 Å². The third-order valence-corrected chi connectivity index (χ3v) is 4.69. The summed E-state index contributed by atoms with van der Waals surface area (Å²) in [5, 5.41) is 0. The van der Waals surface area contributed by atoms with E-state index in [0.29, 0.717) is 11.6 Å². The Kier molecular flexibility index (Phi) is 3.94. The Labute approximate surface area is 118 Å². The predicted octanol–water partition coefficient (Wildman–Crippen LogP) is 2.22. The van der Waals surface area contributed by atoms with Crippen LogP contribution in [-0.4, -0.2) is 27.6 Å². The molecular formula is C14H16N2O3S. The Hall–Kier alpha value is -2.08. The Morgan fingerprint density at radius 2 is 1.75 bits per heavy atom. The lowest BCUT2D eigenvalue weighted by Gasteiger charge is -2.18. The number of ether oxygens (including phenoxy) is 1. The van der Waals surface area contributed by atoms with Gasteiger partial charge in [0.25, 0.3) is 10.0 Å². The standard InChI is InChI=1S/C14H16N2O3S/c1-11-5-4-6-14(15-11)16(2)20(17,18)13-9-7-12(19-3)8-10-13/h4-10H,1-3H3. The normalized spacial score (nSPS) is 11.2. The summed E-state index contributed by atoms with van der Waals surface area (Å²) in [6.07, 6.45) is 0. The molecule has 2 rings (SSSR count). The number of methoxy groups -OCH3 is 1. The van der Waals surface area contributed by atoms with Crippen LogP contribution in [0.25, 0.3) is 0 Å². The Bertz CT molecular complexity index is 697. The average Bonchev–Trinajstić information content (AvgIpc) is 2.46. The second-order valence-corrected chi connectivity index (χ2v) is 6.25. The third-order valence-electron chi connectivity index (χ3n) is 2.91. The SMILES string of the molecule is COc1ccc(S(=O)(=O)N(C)c2cccc(C)n2)cc1. The first kappa shape index (κ1) is 14.3. The predicted molar refractivity (Wildman–Crippen MR) is 77.6 cm³/mol. The van der Waals surface area contributed by atoms with E-state index in [1.54, 1.807) is 24.3 Å². The minimum absolute atomic E-state index is 0.198. The van der Waals surface area contributed by atoms with Crippen LogP contribution < -0.4 is 9.04 Å². The highest BCUT2D eigenvalue weighted by molar-refractivity contribution is 7.92. The number of aromatic nitrogens is 1. The number of sulfonamides is 1. The monoisotopic (exact) mass is 292 g/mol. The quantitative estimate of drug-likeness (QED) is 0.867. The van der Waals surface area contributed by atoms with Crippen molar-refractivity contribution in [3.05, 3.63) is 48.2 Å². The van der Waals surface area contributed by atoms with E-state index >= 15 is 0 Å². The Balaban J connectivity index is 2.38. The van der Waals surface area contributed by atoms with E-state index in [1.165, 1.54) is 30.6 Å². The van der Waals surface area contributed by atoms with Gasteiger partial charge in [-0.05, 0) is 43.3 Å². The lowest BCUT2D eigenvalue weighted by Crippen LogP contribution is -2.27. The minimum atomic E-state index is -3.62. The molecule has 0 saturated carbocycles. The maximum Gasteiger partial charge on any atom is 0.265 e. The van der Waals surface area contributed by atoms with Crippen molar-refractivity contribution in [3.63, 3.8) is 0 Å². The molecule has 0 fully saturated rings. The van der Waals surface area contributed by atoms with E-state index in [-0.39, 0.29) is 4.90 Å². The number of hydrogen-bond acceptors (Lipinski definition) is 4. The van der Waals surface area contributed by atoms with Crippen LogP contribution in [0.4, 0.5) is 5.82 Å². The van der Waals surface area contributed by atoms with E-state index in [0.717, 1.165) is 5.69 Å². The van der Waals surface area contributed by atoms with E-state index in [1.807, 2.05) is 13.0 Å². The first-order chi connectivity index (χ1) is 9.45. The lowest BCUT2D eigenvalue weighted by atomic mass is 10.3. The fourth-order valence-electron chi connectivity index (χ4n) is 1.73. The highest BCUT2D eigenvalue weighted by atomic mass is 32.2. The molecule has 0 unspecified atom stereocenters. The molecule has 0 aliphatic carbocycles. The molecule has 0 spiro atoms. The molecule has 0 saturated heterocycles. The number of benzene rings is 1. The molecular weight excluding hydrogens is 276 g/mol. The van der Waals surface area contributed by atoms with Crippen LogP contribution >= 0.6 is 0 Å². The molecule has 1 aromatic heterocycles. The molecule has 0 amide bonds. The van der Waals surface area contributed by atoms with Crippen LogP contribution in [0.2, 0.25) is 0 Å². The summed E-state index contributed by atoms with van der Waals surface area (Å²) < 4.78 is 31.2. The van der Waals surface area contributed by atoms with Crippen molar-refractivity contribution in [2.45, 2.75) is 11.8 Å². The fraction of sp³-hybridized carbons (Fsp3) is 0.214. The van der Waals surface area contributed by atoms with E-state index in [2.05, 4.69) is 4.98 Å². The summed E-state index contributed by atoms with van der Waals surface area (Å²) in [6.45, 7) is 1.82. The summed E-state index contributed by atoms with van der Waals surface area (Å²) >= 11 is 0. The first-order valence-corrected chi connectivity index (χ1v) is 7.46. The van der Waals surface area contributed by atoms with Crippen LogP contribution in [0.5, 0.6) is 5.75 Å². The van der Waals surface area contributed by atoms with Crippen molar-refractivity contribution in [2.75, 3.05) is 18.5 Å². The summed E-state index contributed by atoms with van der Waals surface area (Å²) in [6, 6.07) is 11.5. The fourth-order valence-corrected chi connectivity index (χ4v) is 2.88. The van der Waals surface area contributed by atoms with Gasteiger partial charge in [-0.2, -0.15) is 0 Å². The molecule has 0 N–H and O–H groups in total. The zero-order chi connectivity index (χ0) is 14.8. The minimum Gasteiger partial charge on any atom is -0.497 e. The summed E-state index contributed by atoms with van der Waals surface area (Å²) in [4.78, 5) is 4.42. The maximum atomic E-state index is 12.5. The molecule has 0 aliphatic rings. The van der Waals surface area contributed by atoms with Crippen molar-refractivity contribution in [2.24, 2.45) is 0 Å². The molecule has 1 heterocycles. The van der Waals surface area contributed by atoms with Gasteiger partial charge in [-0.25, -0.2) is 13.4 Å².